The quantitative estimate of drug-likeness (QED) is 0.878. The van der Waals surface area contributed by atoms with Gasteiger partial charge in [0.1, 0.15) is 5.60 Å². The third kappa shape index (κ3) is 2.65. The summed E-state index contributed by atoms with van der Waals surface area (Å²) in [6.45, 7) is 5.61. The summed E-state index contributed by atoms with van der Waals surface area (Å²) >= 11 is 0. The van der Waals surface area contributed by atoms with Gasteiger partial charge in [-0.3, -0.25) is 0 Å². The van der Waals surface area contributed by atoms with Crippen molar-refractivity contribution < 1.29 is 9.84 Å². The molecule has 1 N–H and O–H groups in total. The summed E-state index contributed by atoms with van der Waals surface area (Å²) in [5.41, 5.74) is 1.09. The average Bonchev–Trinajstić information content (AvgIpc) is 3.03. The molecule has 1 fully saturated rings. The van der Waals surface area contributed by atoms with Crippen LogP contribution in [0.15, 0.2) is 60.7 Å². The average molecular weight is 312 g/mol. The molecule has 0 radical (unpaired) electrons. The van der Waals surface area contributed by atoms with Crippen molar-refractivity contribution in [2.45, 2.75) is 30.7 Å². The van der Waals surface area contributed by atoms with E-state index in [1.165, 1.54) is 5.19 Å². The zero-order valence-electron chi connectivity index (χ0n) is 13.3. The van der Waals surface area contributed by atoms with Gasteiger partial charge in [-0.25, -0.2) is 0 Å². The highest BCUT2D eigenvalue weighted by Crippen LogP contribution is 2.45. The summed E-state index contributed by atoms with van der Waals surface area (Å²) in [4.78, 5) is 0. The Bertz CT molecular complexity index is 612. The molecule has 1 aliphatic heterocycles. The van der Waals surface area contributed by atoms with Gasteiger partial charge >= 0.3 is 0 Å². The van der Waals surface area contributed by atoms with E-state index in [4.69, 9.17) is 4.74 Å². The molecular weight excluding hydrogens is 288 g/mol. The summed E-state index contributed by atoms with van der Waals surface area (Å²) in [5, 5.41) is 11.5. The van der Waals surface area contributed by atoms with E-state index >= 15 is 0 Å². The topological polar surface area (TPSA) is 29.5 Å². The zero-order valence-corrected chi connectivity index (χ0v) is 14.3. The van der Waals surface area contributed by atoms with Crippen molar-refractivity contribution in [1.82, 2.24) is 0 Å². The number of ether oxygens (including phenoxy) is 1. The smallest absolute Gasteiger partial charge is 0.116 e. The van der Waals surface area contributed by atoms with E-state index in [1.807, 2.05) is 18.2 Å². The number of rotatable bonds is 4. The summed E-state index contributed by atoms with van der Waals surface area (Å²) in [6, 6.07) is 21.0. The molecule has 3 heteroatoms. The normalized spacial score (nSPS) is 25.3. The van der Waals surface area contributed by atoms with Crippen LogP contribution in [-0.4, -0.2) is 26.4 Å². The van der Waals surface area contributed by atoms with Gasteiger partial charge in [0.2, 0.25) is 0 Å². The van der Waals surface area contributed by atoms with Crippen molar-refractivity contribution in [3.63, 3.8) is 0 Å². The molecule has 0 aliphatic carbocycles. The largest absolute Gasteiger partial charge is 0.393 e. The number of hydrogen-bond donors (Lipinski definition) is 1. The number of aliphatic hydroxyl groups excluding tert-OH is 1. The zero-order chi connectivity index (χ0) is 15.6. The van der Waals surface area contributed by atoms with Gasteiger partial charge in [-0.2, -0.15) is 0 Å². The monoisotopic (exact) mass is 312 g/mol. The summed E-state index contributed by atoms with van der Waals surface area (Å²) in [5.74, 6) is 0. The van der Waals surface area contributed by atoms with E-state index < -0.39 is 13.7 Å². The second kappa shape index (κ2) is 5.99. The first kappa shape index (κ1) is 15.5. The molecule has 22 heavy (non-hydrogen) atoms. The molecule has 0 saturated carbocycles. The van der Waals surface area contributed by atoms with Crippen LogP contribution >= 0.6 is 0 Å². The molecule has 3 rings (SSSR count). The van der Waals surface area contributed by atoms with E-state index in [2.05, 4.69) is 55.6 Å². The van der Waals surface area contributed by atoms with Gasteiger partial charge in [0.15, 0.2) is 0 Å². The molecule has 0 bridgehead atoms. The molecular formula is C19H24O2Si. The summed E-state index contributed by atoms with van der Waals surface area (Å²) < 4.78 is 6.18. The van der Waals surface area contributed by atoms with Crippen LogP contribution in [0.2, 0.25) is 18.6 Å². The van der Waals surface area contributed by atoms with Crippen LogP contribution in [0.4, 0.5) is 0 Å². The lowest BCUT2D eigenvalue weighted by Gasteiger charge is -2.31. The Kier molecular flexibility index (Phi) is 4.21. The number of hydrogen-bond acceptors (Lipinski definition) is 2. The molecule has 1 saturated heterocycles. The van der Waals surface area contributed by atoms with Crippen LogP contribution in [0, 0.1) is 0 Å². The standard InChI is InChI=1S/C19H24O2Si/c1-22(2,17-11-7-4-8-12-17)18-13-19(15-20,21-14-18)16-9-5-3-6-10-16/h3-12,18,20H,13-15H2,1-2H3/t18-,19-/m1/s1. The van der Waals surface area contributed by atoms with Crippen LogP contribution < -0.4 is 5.19 Å². The maximum atomic E-state index is 10.0. The van der Waals surface area contributed by atoms with Crippen LogP contribution in [0.5, 0.6) is 0 Å². The Balaban J connectivity index is 1.88. The van der Waals surface area contributed by atoms with Crippen molar-refractivity contribution in [2.24, 2.45) is 0 Å². The van der Waals surface area contributed by atoms with E-state index in [1.54, 1.807) is 0 Å². The van der Waals surface area contributed by atoms with Crippen molar-refractivity contribution in [1.29, 1.82) is 0 Å². The van der Waals surface area contributed by atoms with Crippen LogP contribution in [-0.2, 0) is 10.3 Å². The Morgan fingerprint density at radius 2 is 1.64 bits per heavy atom. The van der Waals surface area contributed by atoms with E-state index in [0.29, 0.717) is 5.54 Å². The molecule has 116 valence electrons. The fraction of sp³-hybridized carbons (Fsp3) is 0.368. The van der Waals surface area contributed by atoms with Gasteiger partial charge in [0.05, 0.1) is 14.7 Å². The third-order valence-corrected chi connectivity index (χ3v) is 9.46. The first-order chi connectivity index (χ1) is 10.6. The van der Waals surface area contributed by atoms with Gasteiger partial charge in [-0.1, -0.05) is 78.9 Å². The lowest BCUT2D eigenvalue weighted by Crippen LogP contribution is -2.46. The Morgan fingerprint density at radius 3 is 2.23 bits per heavy atom. The summed E-state index contributed by atoms with van der Waals surface area (Å²) in [6.07, 6.45) is 0.904. The van der Waals surface area contributed by atoms with Crippen molar-refractivity contribution in [3.05, 3.63) is 66.2 Å². The minimum atomic E-state index is -1.62. The molecule has 0 aromatic heterocycles. The van der Waals surface area contributed by atoms with Crippen LogP contribution in [0.3, 0.4) is 0 Å². The van der Waals surface area contributed by atoms with Gasteiger partial charge < -0.3 is 9.84 Å². The Hall–Kier alpha value is -1.42. The highest BCUT2D eigenvalue weighted by molar-refractivity contribution is 6.91. The lowest BCUT2D eigenvalue weighted by atomic mass is 9.91. The van der Waals surface area contributed by atoms with Crippen LogP contribution in [0.1, 0.15) is 12.0 Å². The predicted molar refractivity (Wildman–Crippen MR) is 93.1 cm³/mol. The van der Waals surface area contributed by atoms with Crippen molar-refractivity contribution >= 4 is 13.3 Å². The van der Waals surface area contributed by atoms with Crippen molar-refractivity contribution in [2.75, 3.05) is 13.2 Å². The maximum Gasteiger partial charge on any atom is 0.116 e. The molecule has 0 spiro atoms. The third-order valence-electron chi connectivity index (χ3n) is 5.23. The highest BCUT2D eigenvalue weighted by atomic mass is 28.3. The Labute approximate surface area is 133 Å². The van der Waals surface area contributed by atoms with Gasteiger partial charge in [-0.15, -0.1) is 0 Å². The highest BCUT2D eigenvalue weighted by Gasteiger charge is 2.47. The second-order valence-electron chi connectivity index (χ2n) is 6.82. The fourth-order valence-corrected chi connectivity index (χ4v) is 6.35. The molecule has 2 atom stereocenters. The van der Waals surface area contributed by atoms with E-state index in [9.17, 15) is 5.11 Å². The first-order valence-corrected chi connectivity index (χ1v) is 11.0. The first-order valence-electron chi connectivity index (χ1n) is 7.94. The SMILES string of the molecule is C[Si](C)(c1ccccc1)[C@H]1CO[C@](CO)(c2ccccc2)C1. The minimum absolute atomic E-state index is 0.0484. The molecule has 2 aromatic carbocycles. The minimum Gasteiger partial charge on any atom is -0.393 e. The molecule has 1 aliphatic rings. The van der Waals surface area contributed by atoms with E-state index in [-0.39, 0.29) is 6.61 Å². The molecule has 1 heterocycles. The molecule has 0 unspecified atom stereocenters. The predicted octanol–water partition coefficient (Wildman–Crippen LogP) is 3.28. The number of aliphatic hydroxyl groups is 1. The van der Waals surface area contributed by atoms with E-state index in [0.717, 1.165) is 18.6 Å². The second-order valence-corrected chi connectivity index (χ2v) is 11.7. The van der Waals surface area contributed by atoms with Crippen molar-refractivity contribution in [3.8, 4) is 0 Å². The summed E-state index contributed by atoms with van der Waals surface area (Å²) in [7, 11) is -1.62. The van der Waals surface area contributed by atoms with Gasteiger partial charge in [0, 0.05) is 6.61 Å². The number of benzene rings is 2. The molecule has 2 aromatic rings. The molecule has 2 nitrogen and oxygen atoms in total. The Morgan fingerprint density at radius 1 is 1.05 bits per heavy atom. The van der Waals surface area contributed by atoms with Crippen LogP contribution in [0.25, 0.3) is 0 Å². The van der Waals surface area contributed by atoms with Gasteiger partial charge in [-0.05, 0) is 17.5 Å². The maximum absolute atomic E-state index is 10.0. The lowest BCUT2D eigenvalue weighted by molar-refractivity contribution is -0.0429. The molecule has 0 amide bonds. The fourth-order valence-electron chi connectivity index (χ4n) is 3.49. The van der Waals surface area contributed by atoms with Gasteiger partial charge in [0.25, 0.3) is 0 Å².